The van der Waals surface area contributed by atoms with Gasteiger partial charge in [-0.2, -0.15) is 0 Å². The molecule has 1 saturated heterocycles. The highest BCUT2D eigenvalue weighted by molar-refractivity contribution is 6.06. The fourth-order valence-electron chi connectivity index (χ4n) is 6.21. The molecule has 1 saturated carbocycles. The lowest BCUT2D eigenvalue weighted by atomic mass is 10.0. The third kappa shape index (κ3) is 4.18. The molecule has 34 heavy (non-hydrogen) atoms. The lowest BCUT2D eigenvalue weighted by Crippen LogP contribution is -2.48. The van der Waals surface area contributed by atoms with Crippen molar-refractivity contribution in [1.82, 2.24) is 14.8 Å². The lowest BCUT2D eigenvalue weighted by molar-refractivity contribution is 0.0749. The van der Waals surface area contributed by atoms with E-state index in [1.165, 1.54) is 62.0 Å². The van der Waals surface area contributed by atoms with Gasteiger partial charge in [-0.25, -0.2) is 0 Å². The Morgan fingerprint density at radius 3 is 2.47 bits per heavy atom. The summed E-state index contributed by atoms with van der Waals surface area (Å²) in [4.78, 5) is 24.7. The number of rotatable bonds is 3. The Hall–Kier alpha value is -2.92. The second-order valence-corrected chi connectivity index (χ2v) is 10.1. The van der Waals surface area contributed by atoms with E-state index < -0.39 is 0 Å². The normalized spacial score (nSPS) is 19.9. The Bertz CT molecular complexity index is 1170. The highest BCUT2D eigenvalue weighted by Crippen LogP contribution is 2.29. The van der Waals surface area contributed by atoms with Gasteiger partial charge in [0.05, 0.1) is 0 Å². The molecule has 0 bridgehead atoms. The average molecular weight is 455 g/mol. The van der Waals surface area contributed by atoms with E-state index in [0.717, 1.165) is 55.0 Å². The summed E-state index contributed by atoms with van der Waals surface area (Å²) in [5.41, 5.74) is 5.16. The Morgan fingerprint density at radius 2 is 1.65 bits per heavy atom. The maximum Gasteiger partial charge on any atom is 0.254 e. The summed E-state index contributed by atoms with van der Waals surface area (Å²) < 4.78 is 0. The zero-order valence-electron chi connectivity index (χ0n) is 20.0. The first-order valence-electron chi connectivity index (χ1n) is 13.0. The van der Waals surface area contributed by atoms with Crippen LogP contribution in [0.5, 0.6) is 0 Å². The molecular formula is C29H34N4O. The van der Waals surface area contributed by atoms with E-state index in [2.05, 4.69) is 33.0 Å². The van der Waals surface area contributed by atoms with Gasteiger partial charge in [-0.3, -0.25) is 14.7 Å². The summed E-state index contributed by atoms with van der Waals surface area (Å²) in [6.45, 7) is 5.68. The predicted molar refractivity (Wildman–Crippen MR) is 138 cm³/mol. The molecule has 0 N–H and O–H groups in total. The fraction of sp³-hybridized carbons (Fsp3) is 0.448. The minimum absolute atomic E-state index is 0.130. The molecule has 1 aliphatic carbocycles. The van der Waals surface area contributed by atoms with Crippen molar-refractivity contribution < 1.29 is 4.79 Å². The van der Waals surface area contributed by atoms with Crippen molar-refractivity contribution in [3.8, 4) is 0 Å². The van der Waals surface area contributed by atoms with E-state index >= 15 is 0 Å². The summed E-state index contributed by atoms with van der Waals surface area (Å²) in [7, 11) is 0. The molecule has 3 aliphatic rings. The van der Waals surface area contributed by atoms with E-state index in [4.69, 9.17) is 0 Å². The Kier molecular flexibility index (Phi) is 5.96. The predicted octanol–water partition coefficient (Wildman–Crippen LogP) is 4.54. The van der Waals surface area contributed by atoms with Crippen LogP contribution in [0.2, 0.25) is 0 Å². The van der Waals surface area contributed by atoms with Crippen molar-refractivity contribution in [3.63, 3.8) is 0 Å². The van der Waals surface area contributed by atoms with Gasteiger partial charge in [-0.15, -0.1) is 0 Å². The topological polar surface area (TPSA) is 39.7 Å². The second-order valence-electron chi connectivity index (χ2n) is 10.1. The number of pyridine rings is 1. The quantitative estimate of drug-likeness (QED) is 0.583. The smallest absolute Gasteiger partial charge is 0.254 e. The fourth-order valence-corrected chi connectivity index (χ4v) is 6.21. The number of anilines is 1. The van der Waals surface area contributed by atoms with Gasteiger partial charge in [0.25, 0.3) is 5.91 Å². The summed E-state index contributed by atoms with van der Waals surface area (Å²) in [5.74, 6) is 0.130. The van der Waals surface area contributed by atoms with Crippen LogP contribution in [-0.4, -0.2) is 66.0 Å². The Balaban J connectivity index is 1.12. The largest absolute Gasteiger partial charge is 0.368 e. The van der Waals surface area contributed by atoms with E-state index in [1.807, 2.05) is 35.4 Å². The summed E-state index contributed by atoms with van der Waals surface area (Å²) in [5, 5.41) is 2.01. The summed E-state index contributed by atoms with van der Waals surface area (Å²) >= 11 is 0. The number of amides is 1. The zero-order chi connectivity index (χ0) is 22.9. The number of carbonyl (C=O) groups excluding carboxylic acids is 1. The first-order valence-corrected chi connectivity index (χ1v) is 13.0. The molecule has 0 radical (unpaired) electrons. The van der Waals surface area contributed by atoms with Crippen LogP contribution in [0.3, 0.4) is 0 Å². The van der Waals surface area contributed by atoms with E-state index in [1.54, 1.807) is 6.20 Å². The molecule has 1 aromatic heterocycles. The number of hydrogen-bond donors (Lipinski definition) is 0. The third-order valence-corrected chi connectivity index (χ3v) is 8.21. The molecular weight excluding hydrogens is 420 g/mol. The number of aromatic nitrogens is 1. The molecule has 0 unspecified atom stereocenters. The van der Waals surface area contributed by atoms with Gasteiger partial charge >= 0.3 is 0 Å². The number of fused-ring (bicyclic) bond motifs is 2. The van der Waals surface area contributed by atoms with Crippen LogP contribution in [0.25, 0.3) is 10.8 Å². The molecule has 5 nitrogen and oxygen atoms in total. The van der Waals surface area contributed by atoms with E-state index in [0.29, 0.717) is 0 Å². The van der Waals surface area contributed by atoms with Crippen molar-refractivity contribution in [2.24, 2.45) is 0 Å². The van der Waals surface area contributed by atoms with Crippen molar-refractivity contribution >= 4 is 22.4 Å². The van der Waals surface area contributed by atoms with Crippen molar-refractivity contribution in [3.05, 3.63) is 71.5 Å². The monoisotopic (exact) mass is 454 g/mol. The van der Waals surface area contributed by atoms with E-state index in [9.17, 15) is 4.79 Å². The molecule has 1 amide bonds. The average Bonchev–Trinajstić information content (AvgIpc) is 3.35. The molecule has 5 heteroatoms. The first kappa shape index (κ1) is 21.6. The minimum Gasteiger partial charge on any atom is -0.368 e. The van der Waals surface area contributed by atoms with Crippen LogP contribution < -0.4 is 4.90 Å². The molecule has 0 atom stereocenters. The zero-order valence-corrected chi connectivity index (χ0v) is 20.0. The van der Waals surface area contributed by atoms with Gasteiger partial charge < -0.3 is 9.80 Å². The summed E-state index contributed by atoms with van der Waals surface area (Å²) in [6.07, 6.45) is 11.5. The van der Waals surface area contributed by atoms with Crippen LogP contribution in [-0.2, 0) is 12.8 Å². The van der Waals surface area contributed by atoms with Crippen LogP contribution in [0, 0.1) is 0 Å². The van der Waals surface area contributed by atoms with Gasteiger partial charge in [-0.1, -0.05) is 31.0 Å². The number of hydrogen-bond acceptors (Lipinski definition) is 4. The van der Waals surface area contributed by atoms with Gasteiger partial charge in [0.1, 0.15) is 0 Å². The van der Waals surface area contributed by atoms with Crippen molar-refractivity contribution in [1.29, 1.82) is 0 Å². The molecule has 2 fully saturated rings. The standard InChI is InChI=1S/C29H34N4O/c34-29(28-7-3-4-24-21-30-13-10-27(24)28)33-18-16-32(17-19-33)26-9-8-22-11-14-31(15-12-23(22)20-26)25-5-1-2-6-25/h3-4,7-10,13,20-21,25H,1-2,5-6,11-12,14-19H2. The second kappa shape index (κ2) is 9.38. The lowest BCUT2D eigenvalue weighted by Gasteiger charge is -2.36. The third-order valence-electron chi connectivity index (χ3n) is 8.21. The first-order chi connectivity index (χ1) is 16.8. The Morgan fingerprint density at radius 1 is 0.853 bits per heavy atom. The molecule has 3 heterocycles. The van der Waals surface area contributed by atoms with Crippen LogP contribution in [0.1, 0.15) is 47.2 Å². The SMILES string of the molecule is O=C(c1cccc2cnccc12)N1CCN(c2ccc3c(c2)CCN(C2CCCC2)CC3)CC1. The van der Waals surface area contributed by atoms with Gasteiger partial charge in [0, 0.05) is 74.3 Å². The molecule has 176 valence electrons. The van der Waals surface area contributed by atoms with Gasteiger partial charge in [-0.05, 0) is 66.5 Å². The molecule has 3 aromatic rings. The summed E-state index contributed by atoms with van der Waals surface area (Å²) in [6, 6.07) is 15.8. The van der Waals surface area contributed by atoms with Crippen molar-refractivity contribution in [2.75, 3.05) is 44.2 Å². The molecule has 2 aromatic carbocycles. The number of carbonyl (C=O) groups is 1. The van der Waals surface area contributed by atoms with Gasteiger partial charge in [0.15, 0.2) is 0 Å². The van der Waals surface area contributed by atoms with E-state index in [-0.39, 0.29) is 5.91 Å². The highest BCUT2D eigenvalue weighted by atomic mass is 16.2. The van der Waals surface area contributed by atoms with Crippen LogP contribution in [0.4, 0.5) is 5.69 Å². The highest BCUT2D eigenvalue weighted by Gasteiger charge is 2.26. The molecule has 2 aliphatic heterocycles. The Labute approximate surface area is 202 Å². The van der Waals surface area contributed by atoms with Crippen LogP contribution >= 0.6 is 0 Å². The maximum atomic E-state index is 13.3. The maximum absolute atomic E-state index is 13.3. The molecule has 6 rings (SSSR count). The minimum atomic E-state index is 0.130. The van der Waals surface area contributed by atoms with Crippen molar-refractivity contribution in [2.45, 2.75) is 44.6 Å². The number of piperazine rings is 1. The number of nitrogens with zero attached hydrogens (tertiary/aromatic N) is 4. The van der Waals surface area contributed by atoms with Crippen LogP contribution in [0.15, 0.2) is 54.9 Å². The number of benzene rings is 2. The van der Waals surface area contributed by atoms with Gasteiger partial charge in [0.2, 0.25) is 0 Å². The molecule has 0 spiro atoms.